The maximum Gasteiger partial charge on any atom is 0.254 e. The Labute approximate surface area is 149 Å². The quantitative estimate of drug-likeness (QED) is 0.698. The Balaban J connectivity index is 1.57. The van der Waals surface area contributed by atoms with Crippen molar-refractivity contribution < 1.29 is 9.18 Å². The Bertz CT molecular complexity index is 992. The topological polar surface area (TPSA) is 36.1 Å². The average Bonchev–Trinajstić information content (AvgIpc) is 3.04. The molecule has 0 saturated carbocycles. The van der Waals surface area contributed by atoms with Crippen LogP contribution < -0.4 is 0 Å². The van der Waals surface area contributed by atoms with Crippen LogP contribution in [0.1, 0.15) is 22.3 Å². The summed E-state index contributed by atoms with van der Waals surface area (Å²) in [5.74, 6) is -0.273. The Hall–Kier alpha value is -2.59. The maximum absolute atomic E-state index is 13.6. The number of carbonyl (C=O) groups excluding carboxylic acids is 1. The number of hydrogen-bond donors (Lipinski definition) is 1. The van der Waals surface area contributed by atoms with Crippen molar-refractivity contribution in [1.29, 1.82) is 0 Å². The Morgan fingerprint density at radius 3 is 2.84 bits per heavy atom. The fourth-order valence-electron chi connectivity index (χ4n) is 3.26. The van der Waals surface area contributed by atoms with Gasteiger partial charge in [0, 0.05) is 46.3 Å². The predicted molar refractivity (Wildman–Crippen MR) is 98.2 cm³/mol. The molecule has 1 amide bonds. The van der Waals surface area contributed by atoms with Crippen molar-refractivity contribution in [3.63, 3.8) is 0 Å². The first-order valence-electron chi connectivity index (χ1n) is 8.13. The molecular weight excluding hydrogens is 339 g/mol. The summed E-state index contributed by atoms with van der Waals surface area (Å²) >= 11 is 5.97. The van der Waals surface area contributed by atoms with Gasteiger partial charge in [-0.2, -0.15) is 0 Å². The van der Waals surface area contributed by atoms with Crippen LogP contribution in [0.15, 0.2) is 54.7 Å². The molecule has 2 heterocycles. The van der Waals surface area contributed by atoms with Gasteiger partial charge in [0.15, 0.2) is 0 Å². The molecule has 0 unspecified atom stereocenters. The lowest BCUT2D eigenvalue weighted by Gasteiger charge is -2.26. The van der Waals surface area contributed by atoms with E-state index in [4.69, 9.17) is 11.6 Å². The average molecular weight is 355 g/mol. The molecule has 0 spiro atoms. The summed E-state index contributed by atoms with van der Waals surface area (Å²) in [5, 5.41) is 1.43. The Kier molecular flexibility index (Phi) is 4.06. The zero-order valence-corrected chi connectivity index (χ0v) is 14.2. The standard InChI is InChI=1S/C20H16ClFN2O/c21-15-3-1-2-14(10-15)20(25)24-8-6-13(7-9-24)18-12-23-19-5-4-16(22)11-17(18)19/h1-6,10-12,23H,7-9H2. The first-order valence-corrected chi connectivity index (χ1v) is 8.50. The largest absolute Gasteiger partial charge is 0.361 e. The van der Waals surface area contributed by atoms with E-state index in [0.717, 1.165) is 28.5 Å². The van der Waals surface area contributed by atoms with E-state index in [1.165, 1.54) is 6.07 Å². The molecule has 2 aromatic carbocycles. The summed E-state index contributed by atoms with van der Waals surface area (Å²) in [5.41, 5.74) is 3.64. The number of carbonyl (C=O) groups is 1. The van der Waals surface area contributed by atoms with Gasteiger partial charge in [0.1, 0.15) is 5.82 Å². The van der Waals surface area contributed by atoms with E-state index in [1.54, 1.807) is 41.3 Å². The van der Waals surface area contributed by atoms with Crippen molar-refractivity contribution in [2.24, 2.45) is 0 Å². The van der Waals surface area contributed by atoms with Gasteiger partial charge in [-0.3, -0.25) is 4.79 Å². The number of halogens is 2. The SMILES string of the molecule is O=C(c1cccc(Cl)c1)N1CC=C(c2c[nH]c3ccc(F)cc23)CC1. The van der Waals surface area contributed by atoms with Gasteiger partial charge in [-0.05, 0) is 48.4 Å². The van der Waals surface area contributed by atoms with Crippen molar-refractivity contribution >= 4 is 34.0 Å². The van der Waals surface area contributed by atoms with E-state index in [2.05, 4.69) is 4.98 Å². The number of hydrogen-bond acceptors (Lipinski definition) is 1. The van der Waals surface area contributed by atoms with Crippen LogP contribution in [0.4, 0.5) is 4.39 Å². The molecule has 0 saturated heterocycles. The lowest BCUT2D eigenvalue weighted by molar-refractivity contribution is 0.0773. The van der Waals surface area contributed by atoms with Crippen LogP contribution in [0.2, 0.25) is 5.02 Å². The number of H-pyrrole nitrogens is 1. The molecule has 0 bridgehead atoms. The fourth-order valence-corrected chi connectivity index (χ4v) is 3.45. The second kappa shape index (κ2) is 6.37. The number of rotatable bonds is 2. The number of nitrogens with zero attached hydrogens (tertiary/aromatic N) is 1. The van der Waals surface area contributed by atoms with Crippen LogP contribution in [-0.2, 0) is 0 Å². The Morgan fingerprint density at radius 1 is 1.20 bits per heavy atom. The molecule has 3 nitrogen and oxygen atoms in total. The van der Waals surface area contributed by atoms with Crippen molar-refractivity contribution in [1.82, 2.24) is 9.88 Å². The number of aromatic amines is 1. The molecule has 0 radical (unpaired) electrons. The van der Waals surface area contributed by atoms with Crippen LogP contribution in [0.5, 0.6) is 0 Å². The second-order valence-electron chi connectivity index (χ2n) is 6.13. The predicted octanol–water partition coefficient (Wildman–Crippen LogP) is 4.89. The van der Waals surface area contributed by atoms with Crippen LogP contribution in [-0.4, -0.2) is 28.9 Å². The van der Waals surface area contributed by atoms with Gasteiger partial charge in [0.05, 0.1) is 0 Å². The monoisotopic (exact) mass is 354 g/mol. The summed E-state index contributed by atoms with van der Waals surface area (Å²) in [6.45, 7) is 1.15. The number of aromatic nitrogens is 1. The molecule has 1 aromatic heterocycles. The third-order valence-electron chi connectivity index (χ3n) is 4.56. The lowest BCUT2D eigenvalue weighted by atomic mass is 9.98. The summed E-state index contributed by atoms with van der Waals surface area (Å²) in [6, 6.07) is 11.7. The number of amides is 1. The molecule has 3 aromatic rings. The minimum atomic E-state index is -0.248. The van der Waals surface area contributed by atoms with Gasteiger partial charge in [0.25, 0.3) is 5.91 Å². The molecule has 1 aliphatic rings. The smallest absolute Gasteiger partial charge is 0.254 e. The number of nitrogens with one attached hydrogen (secondary N) is 1. The summed E-state index contributed by atoms with van der Waals surface area (Å²) in [6.07, 6.45) is 4.68. The highest BCUT2D eigenvalue weighted by Gasteiger charge is 2.20. The van der Waals surface area contributed by atoms with Crippen molar-refractivity contribution in [3.05, 3.63) is 76.7 Å². The van der Waals surface area contributed by atoms with Gasteiger partial charge < -0.3 is 9.88 Å². The molecule has 1 aliphatic heterocycles. The maximum atomic E-state index is 13.6. The molecule has 0 atom stereocenters. The van der Waals surface area contributed by atoms with E-state index in [9.17, 15) is 9.18 Å². The van der Waals surface area contributed by atoms with Gasteiger partial charge in [0.2, 0.25) is 0 Å². The highest BCUT2D eigenvalue weighted by molar-refractivity contribution is 6.30. The van der Waals surface area contributed by atoms with E-state index in [0.29, 0.717) is 23.7 Å². The first-order chi connectivity index (χ1) is 12.1. The van der Waals surface area contributed by atoms with Crippen LogP contribution in [0, 0.1) is 5.82 Å². The normalized spacial score (nSPS) is 14.6. The molecule has 0 fully saturated rings. The number of benzene rings is 2. The van der Waals surface area contributed by atoms with E-state index in [-0.39, 0.29) is 11.7 Å². The lowest BCUT2D eigenvalue weighted by Crippen LogP contribution is -2.34. The van der Waals surface area contributed by atoms with Gasteiger partial charge >= 0.3 is 0 Å². The molecule has 1 N–H and O–H groups in total. The molecule has 5 heteroatoms. The van der Waals surface area contributed by atoms with Gasteiger partial charge in [-0.15, -0.1) is 0 Å². The second-order valence-corrected chi connectivity index (χ2v) is 6.57. The fraction of sp³-hybridized carbons (Fsp3) is 0.150. The molecule has 0 aliphatic carbocycles. The van der Waals surface area contributed by atoms with Crippen LogP contribution in [0.3, 0.4) is 0 Å². The molecule has 25 heavy (non-hydrogen) atoms. The van der Waals surface area contributed by atoms with E-state index >= 15 is 0 Å². The van der Waals surface area contributed by atoms with E-state index < -0.39 is 0 Å². The zero-order valence-electron chi connectivity index (χ0n) is 13.4. The summed E-state index contributed by atoms with van der Waals surface area (Å²) in [7, 11) is 0. The van der Waals surface area contributed by atoms with Gasteiger partial charge in [-0.25, -0.2) is 4.39 Å². The minimum absolute atomic E-state index is 0.0252. The van der Waals surface area contributed by atoms with Crippen LogP contribution >= 0.6 is 11.6 Å². The minimum Gasteiger partial charge on any atom is -0.361 e. The van der Waals surface area contributed by atoms with Gasteiger partial charge in [-0.1, -0.05) is 23.7 Å². The van der Waals surface area contributed by atoms with Crippen LogP contribution in [0.25, 0.3) is 16.5 Å². The highest BCUT2D eigenvalue weighted by Crippen LogP contribution is 2.30. The number of fused-ring (bicyclic) bond motifs is 1. The Morgan fingerprint density at radius 2 is 2.08 bits per heavy atom. The summed E-state index contributed by atoms with van der Waals surface area (Å²) in [4.78, 5) is 17.6. The van der Waals surface area contributed by atoms with Crippen molar-refractivity contribution in [2.75, 3.05) is 13.1 Å². The first kappa shape index (κ1) is 15.9. The van der Waals surface area contributed by atoms with Crippen molar-refractivity contribution in [2.45, 2.75) is 6.42 Å². The third kappa shape index (κ3) is 3.05. The molecule has 4 rings (SSSR count). The molecule has 126 valence electrons. The summed E-state index contributed by atoms with van der Waals surface area (Å²) < 4.78 is 13.6. The molecular formula is C20H16ClFN2O. The third-order valence-corrected chi connectivity index (χ3v) is 4.79. The van der Waals surface area contributed by atoms with E-state index in [1.807, 2.05) is 12.3 Å². The highest BCUT2D eigenvalue weighted by atomic mass is 35.5. The zero-order chi connectivity index (χ0) is 17.4. The van der Waals surface area contributed by atoms with Crippen molar-refractivity contribution in [3.8, 4) is 0 Å².